The summed E-state index contributed by atoms with van der Waals surface area (Å²) >= 11 is 9.51. The van der Waals surface area contributed by atoms with Crippen LogP contribution in [-0.4, -0.2) is 12.7 Å². The molecule has 0 spiro atoms. The summed E-state index contributed by atoms with van der Waals surface area (Å²) in [5.74, 6) is 5.64. The summed E-state index contributed by atoms with van der Waals surface area (Å²) in [6, 6.07) is 5.99. The summed E-state index contributed by atoms with van der Waals surface area (Å²) in [5, 5.41) is 0.719. The highest BCUT2D eigenvalue weighted by atomic mass is 79.9. The van der Waals surface area contributed by atoms with E-state index >= 15 is 0 Å². The molecule has 3 N–H and O–H groups in total. The standard InChI is InChI=1S/C13H18BrClN2O/c14-10-6-9(7-11(15)8-10)13(17-16)4-3-12-2-1-5-18-12/h6-8,12-13,17H,1-5,16H2. The molecular weight excluding hydrogens is 316 g/mol. The molecule has 1 aromatic carbocycles. The smallest absolute Gasteiger partial charge is 0.0576 e. The van der Waals surface area contributed by atoms with E-state index in [1.54, 1.807) is 0 Å². The molecule has 0 bridgehead atoms. The quantitative estimate of drug-likeness (QED) is 0.640. The highest BCUT2D eigenvalue weighted by molar-refractivity contribution is 9.10. The van der Waals surface area contributed by atoms with Crippen LogP contribution in [0.25, 0.3) is 0 Å². The van der Waals surface area contributed by atoms with Crippen molar-refractivity contribution in [3.63, 3.8) is 0 Å². The first kappa shape index (κ1) is 14.3. The maximum Gasteiger partial charge on any atom is 0.0576 e. The highest BCUT2D eigenvalue weighted by Crippen LogP contribution is 2.28. The summed E-state index contributed by atoms with van der Waals surface area (Å²) in [5.41, 5.74) is 3.97. The lowest BCUT2D eigenvalue weighted by Crippen LogP contribution is -2.28. The van der Waals surface area contributed by atoms with E-state index in [4.69, 9.17) is 22.2 Å². The Labute approximate surface area is 121 Å². The average Bonchev–Trinajstić information content (AvgIpc) is 2.81. The molecule has 1 aliphatic rings. The van der Waals surface area contributed by atoms with Crippen molar-refractivity contribution >= 4 is 27.5 Å². The van der Waals surface area contributed by atoms with Crippen molar-refractivity contribution in [3.05, 3.63) is 33.3 Å². The summed E-state index contributed by atoms with van der Waals surface area (Å²) in [6.45, 7) is 0.897. The number of halogens is 2. The fraction of sp³-hybridized carbons (Fsp3) is 0.538. The van der Waals surface area contributed by atoms with Crippen LogP contribution < -0.4 is 11.3 Å². The van der Waals surface area contributed by atoms with E-state index in [1.165, 1.54) is 6.42 Å². The van der Waals surface area contributed by atoms with Crippen molar-refractivity contribution in [1.29, 1.82) is 0 Å². The Morgan fingerprint density at radius 2 is 2.33 bits per heavy atom. The van der Waals surface area contributed by atoms with Gasteiger partial charge >= 0.3 is 0 Å². The van der Waals surface area contributed by atoms with Crippen LogP contribution in [0.1, 0.15) is 37.3 Å². The van der Waals surface area contributed by atoms with E-state index < -0.39 is 0 Å². The largest absolute Gasteiger partial charge is 0.378 e. The van der Waals surface area contributed by atoms with Crippen LogP contribution in [0.2, 0.25) is 5.02 Å². The minimum absolute atomic E-state index is 0.115. The lowest BCUT2D eigenvalue weighted by molar-refractivity contribution is 0.0996. The topological polar surface area (TPSA) is 47.3 Å². The zero-order valence-corrected chi connectivity index (χ0v) is 12.5. The Balaban J connectivity index is 1.98. The molecule has 0 amide bonds. The zero-order valence-electron chi connectivity index (χ0n) is 10.2. The molecule has 2 rings (SSSR count). The molecule has 18 heavy (non-hydrogen) atoms. The first-order valence-corrected chi connectivity index (χ1v) is 7.40. The Morgan fingerprint density at radius 1 is 1.50 bits per heavy atom. The van der Waals surface area contributed by atoms with Crippen LogP contribution in [0, 0.1) is 0 Å². The third kappa shape index (κ3) is 3.93. The van der Waals surface area contributed by atoms with E-state index in [0.29, 0.717) is 6.10 Å². The Morgan fingerprint density at radius 3 is 2.94 bits per heavy atom. The molecule has 1 aliphatic heterocycles. The lowest BCUT2D eigenvalue weighted by Gasteiger charge is -2.19. The van der Waals surface area contributed by atoms with Crippen molar-refractivity contribution in [3.8, 4) is 0 Å². The Hall–Kier alpha value is -0.130. The summed E-state index contributed by atoms with van der Waals surface area (Å²) in [4.78, 5) is 0. The van der Waals surface area contributed by atoms with Gasteiger partial charge in [0.15, 0.2) is 0 Å². The zero-order chi connectivity index (χ0) is 13.0. The van der Waals surface area contributed by atoms with Crippen LogP contribution in [0.4, 0.5) is 0 Å². The van der Waals surface area contributed by atoms with Crippen LogP contribution >= 0.6 is 27.5 Å². The average molecular weight is 334 g/mol. The first-order chi connectivity index (χ1) is 8.69. The third-order valence-electron chi connectivity index (χ3n) is 3.29. The molecule has 0 aromatic heterocycles. The van der Waals surface area contributed by atoms with Gasteiger partial charge in [-0.2, -0.15) is 0 Å². The Bertz CT molecular complexity index is 376. The van der Waals surface area contributed by atoms with Gasteiger partial charge in [-0.25, -0.2) is 0 Å². The maximum atomic E-state index is 6.06. The van der Waals surface area contributed by atoms with Crippen molar-refractivity contribution in [2.75, 3.05) is 6.61 Å². The molecule has 2 atom stereocenters. The van der Waals surface area contributed by atoms with Crippen LogP contribution in [-0.2, 0) is 4.74 Å². The molecule has 1 aromatic rings. The maximum absolute atomic E-state index is 6.06. The van der Waals surface area contributed by atoms with E-state index in [1.807, 2.05) is 18.2 Å². The molecule has 0 radical (unpaired) electrons. The number of hydrogen-bond acceptors (Lipinski definition) is 3. The van der Waals surface area contributed by atoms with E-state index in [9.17, 15) is 0 Å². The van der Waals surface area contributed by atoms with Gasteiger partial charge in [0.05, 0.1) is 6.10 Å². The molecular formula is C13H18BrClN2O. The Kier molecular flexibility index (Phi) is 5.45. The van der Waals surface area contributed by atoms with Crippen molar-refractivity contribution < 1.29 is 4.74 Å². The number of hydrogen-bond donors (Lipinski definition) is 2. The first-order valence-electron chi connectivity index (χ1n) is 6.23. The second kappa shape index (κ2) is 6.87. The number of nitrogens with one attached hydrogen (secondary N) is 1. The van der Waals surface area contributed by atoms with Gasteiger partial charge in [-0.15, -0.1) is 0 Å². The molecule has 0 saturated carbocycles. The van der Waals surface area contributed by atoms with Gasteiger partial charge in [0.1, 0.15) is 0 Å². The van der Waals surface area contributed by atoms with Gasteiger partial charge in [-0.05, 0) is 49.4 Å². The minimum atomic E-state index is 0.115. The lowest BCUT2D eigenvalue weighted by atomic mass is 10.00. The van der Waals surface area contributed by atoms with Gasteiger partial charge in [-0.1, -0.05) is 27.5 Å². The van der Waals surface area contributed by atoms with E-state index in [-0.39, 0.29) is 6.04 Å². The summed E-state index contributed by atoms with van der Waals surface area (Å²) < 4.78 is 6.60. The SMILES string of the molecule is NNC(CCC1CCCO1)c1cc(Cl)cc(Br)c1. The molecule has 0 aliphatic carbocycles. The molecule has 5 heteroatoms. The third-order valence-corrected chi connectivity index (χ3v) is 3.97. The molecule has 2 unspecified atom stereocenters. The molecule has 100 valence electrons. The van der Waals surface area contributed by atoms with Gasteiger partial charge < -0.3 is 4.74 Å². The van der Waals surface area contributed by atoms with Crippen molar-refractivity contribution in [1.82, 2.24) is 5.43 Å². The number of ether oxygens (including phenoxy) is 1. The molecule has 1 fully saturated rings. The van der Waals surface area contributed by atoms with Gasteiger partial charge in [0, 0.05) is 22.1 Å². The number of benzene rings is 1. The number of hydrazine groups is 1. The normalized spacial score (nSPS) is 21.2. The monoisotopic (exact) mass is 332 g/mol. The summed E-state index contributed by atoms with van der Waals surface area (Å²) in [6.07, 6.45) is 4.71. The van der Waals surface area contributed by atoms with Gasteiger partial charge in [-0.3, -0.25) is 11.3 Å². The van der Waals surface area contributed by atoms with Crippen LogP contribution in [0.5, 0.6) is 0 Å². The predicted octanol–water partition coefficient (Wildman–Crippen LogP) is 3.57. The van der Waals surface area contributed by atoms with Gasteiger partial charge in [0.25, 0.3) is 0 Å². The molecule has 3 nitrogen and oxygen atoms in total. The number of rotatable bonds is 5. The van der Waals surface area contributed by atoms with E-state index in [2.05, 4.69) is 21.4 Å². The predicted molar refractivity (Wildman–Crippen MR) is 77.4 cm³/mol. The van der Waals surface area contributed by atoms with E-state index in [0.717, 1.165) is 40.9 Å². The number of nitrogens with two attached hydrogens (primary N) is 1. The van der Waals surface area contributed by atoms with Crippen molar-refractivity contribution in [2.24, 2.45) is 5.84 Å². The molecule has 1 heterocycles. The molecule has 1 saturated heterocycles. The minimum Gasteiger partial charge on any atom is -0.378 e. The second-order valence-corrected chi connectivity index (χ2v) is 5.99. The fourth-order valence-electron chi connectivity index (χ4n) is 2.35. The fourth-order valence-corrected chi connectivity index (χ4v) is 3.23. The van der Waals surface area contributed by atoms with Crippen LogP contribution in [0.3, 0.4) is 0 Å². The highest BCUT2D eigenvalue weighted by Gasteiger charge is 2.18. The van der Waals surface area contributed by atoms with Crippen LogP contribution in [0.15, 0.2) is 22.7 Å². The second-order valence-electron chi connectivity index (χ2n) is 4.63. The summed E-state index contributed by atoms with van der Waals surface area (Å²) in [7, 11) is 0. The van der Waals surface area contributed by atoms with Gasteiger partial charge in [0.2, 0.25) is 0 Å². The van der Waals surface area contributed by atoms with Crippen molar-refractivity contribution in [2.45, 2.75) is 37.8 Å².